The molecule has 45 heavy (non-hydrogen) atoms. The van der Waals surface area contributed by atoms with E-state index in [9.17, 15) is 14.3 Å². The van der Waals surface area contributed by atoms with Crippen molar-refractivity contribution >= 4 is 28.1 Å². The molecule has 2 aromatic heterocycles. The van der Waals surface area contributed by atoms with E-state index < -0.39 is 5.82 Å². The number of aromatic hydroxyl groups is 1. The van der Waals surface area contributed by atoms with Gasteiger partial charge in [-0.15, -0.1) is 0 Å². The quantitative estimate of drug-likeness (QED) is 0.288. The van der Waals surface area contributed by atoms with Crippen LogP contribution in [-0.2, 0) is 13.0 Å². The van der Waals surface area contributed by atoms with E-state index in [4.69, 9.17) is 26.6 Å². The van der Waals surface area contributed by atoms with Crippen LogP contribution in [0, 0.1) is 17.7 Å². The van der Waals surface area contributed by atoms with Gasteiger partial charge in [-0.05, 0) is 86.3 Å². The van der Waals surface area contributed by atoms with E-state index in [-0.39, 0.29) is 16.5 Å². The highest BCUT2D eigenvalue weighted by Gasteiger charge is 2.61. The fourth-order valence-corrected chi connectivity index (χ4v) is 9.41. The molecule has 2 N–H and O–H groups in total. The number of nitrogens with one attached hydrogen (secondary N) is 1. The number of benzene rings is 2. The topological polar surface area (TPSA) is 96.2 Å². The lowest BCUT2D eigenvalue weighted by molar-refractivity contribution is 0.387. The first kappa shape index (κ1) is 26.6. The molecule has 4 aromatic rings. The van der Waals surface area contributed by atoms with Gasteiger partial charge in [0.2, 0.25) is 0 Å². The molecule has 2 bridgehead atoms. The minimum Gasteiger partial charge on any atom is -0.508 e. The summed E-state index contributed by atoms with van der Waals surface area (Å²) < 4.78 is 16.6. The number of piperidine rings is 1. The number of phenolic OH excluding ortho intramolecular Hbond substituents is 1. The van der Waals surface area contributed by atoms with Crippen molar-refractivity contribution in [2.75, 3.05) is 11.4 Å². The molecule has 6 aliphatic rings. The maximum absolute atomic E-state index is 14.8. The van der Waals surface area contributed by atoms with Gasteiger partial charge in [0.15, 0.2) is 0 Å². The van der Waals surface area contributed by atoms with E-state index in [1.54, 1.807) is 24.5 Å². The largest absolute Gasteiger partial charge is 0.508 e. The van der Waals surface area contributed by atoms with Crippen LogP contribution in [0.5, 0.6) is 5.75 Å². The third-order valence-electron chi connectivity index (χ3n) is 11.5. The maximum atomic E-state index is 14.8. The first-order valence-electron chi connectivity index (χ1n) is 16.6. The van der Waals surface area contributed by atoms with Gasteiger partial charge in [0.05, 0.1) is 45.7 Å². The van der Waals surface area contributed by atoms with Crippen molar-refractivity contribution in [1.29, 1.82) is 0 Å². The molecule has 8 nitrogen and oxygen atoms in total. The van der Waals surface area contributed by atoms with Crippen molar-refractivity contribution in [3.63, 3.8) is 0 Å². The summed E-state index contributed by atoms with van der Waals surface area (Å²) in [5, 5.41) is 15.8. The van der Waals surface area contributed by atoms with Crippen LogP contribution in [0.2, 0.25) is 5.02 Å². The van der Waals surface area contributed by atoms with Gasteiger partial charge in [-0.2, -0.15) is 4.98 Å². The predicted octanol–water partition coefficient (Wildman–Crippen LogP) is 5.85. The fraction of sp³-hybridized carbons (Fsp3) is 0.486. The van der Waals surface area contributed by atoms with Gasteiger partial charge in [-0.3, -0.25) is 4.57 Å². The lowest BCUT2D eigenvalue weighted by atomic mass is 9.95. The number of halogens is 2. The number of hydrogen-bond donors (Lipinski definition) is 2. The van der Waals surface area contributed by atoms with Crippen molar-refractivity contribution in [2.24, 2.45) is 11.8 Å². The van der Waals surface area contributed by atoms with Crippen molar-refractivity contribution in [3.05, 3.63) is 80.3 Å². The fourth-order valence-electron chi connectivity index (χ4n) is 9.14. The van der Waals surface area contributed by atoms with E-state index in [0.29, 0.717) is 77.6 Å². The molecule has 10 rings (SSSR count). The molecule has 3 aliphatic carbocycles. The summed E-state index contributed by atoms with van der Waals surface area (Å²) in [6.45, 7) is 1.04. The SMILES string of the molecule is O=c1nc(C2C3CC4CCC(N4)[C@H]32)c2c(n1-c1c(C3CC3)ncnc1C1CC1)CN(c1cc(O)cc3ccc(F)c(Cl)c13)CC2. The molecule has 2 saturated heterocycles. The zero-order valence-corrected chi connectivity index (χ0v) is 25.6. The molecule has 3 aliphatic heterocycles. The number of aromatic nitrogens is 4. The van der Waals surface area contributed by atoms with E-state index in [2.05, 4.69) is 10.2 Å². The Morgan fingerprint density at radius 2 is 1.78 bits per heavy atom. The summed E-state index contributed by atoms with van der Waals surface area (Å²) in [7, 11) is 0. The Balaban J connectivity index is 1.18. The minimum absolute atomic E-state index is 0.0363. The summed E-state index contributed by atoms with van der Waals surface area (Å²) in [5.74, 6) is 1.66. The Morgan fingerprint density at radius 3 is 2.53 bits per heavy atom. The Hall–Kier alpha value is -3.56. The van der Waals surface area contributed by atoms with Crippen LogP contribution in [0.25, 0.3) is 16.5 Å². The number of nitrogens with zero attached hydrogens (tertiary/aromatic N) is 5. The average molecular weight is 625 g/mol. The smallest absolute Gasteiger partial charge is 0.352 e. The summed E-state index contributed by atoms with van der Waals surface area (Å²) >= 11 is 6.59. The molecule has 2 aromatic carbocycles. The first-order valence-corrected chi connectivity index (χ1v) is 16.9. The van der Waals surface area contributed by atoms with Gasteiger partial charge in [-0.25, -0.2) is 19.2 Å². The van der Waals surface area contributed by atoms with Gasteiger partial charge in [0.1, 0.15) is 17.9 Å². The van der Waals surface area contributed by atoms with Crippen LogP contribution in [0.3, 0.4) is 0 Å². The normalized spacial score (nSPS) is 28.3. The van der Waals surface area contributed by atoms with E-state index in [0.717, 1.165) is 66.1 Å². The van der Waals surface area contributed by atoms with Gasteiger partial charge >= 0.3 is 5.69 Å². The maximum Gasteiger partial charge on any atom is 0.352 e. The number of anilines is 1. The average Bonchev–Trinajstić information content (AvgIpc) is 3.92. The van der Waals surface area contributed by atoms with Crippen molar-refractivity contribution < 1.29 is 9.50 Å². The highest BCUT2D eigenvalue weighted by molar-refractivity contribution is 6.37. The number of rotatable bonds is 5. The molecule has 230 valence electrons. The Bertz CT molecular complexity index is 1960. The van der Waals surface area contributed by atoms with Crippen molar-refractivity contribution in [3.8, 4) is 11.4 Å². The molecular weight excluding hydrogens is 591 g/mol. The minimum atomic E-state index is -0.499. The van der Waals surface area contributed by atoms with Gasteiger partial charge < -0.3 is 15.3 Å². The molecule has 5 heterocycles. The van der Waals surface area contributed by atoms with E-state index in [1.807, 2.05) is 4.57 Å². The molecular formula is C35H34ClFN6O2. The third kappa shape index (κ3) is 4.05. The van der Waals surface area contributed by atoms with Gasteiger partial charge in [0, 0.05) is 47.8 Å². The second-order valence-corrected chi connectivity index (χ2v) is 14.6. The predicted molar refractivity (Wildman–Crippen MR) is 169 cm³/mol. The second kappa shape index (κ2) is 9.48. The van der Waals surface area contributed by atoms with Crippen molar-refractivity contribution in [2.45, 2.75) is 87.7 Å². The monoisotopic (exact) mass is 624 g/mol. The molecule has 4 unspecified atom stereocenters. The Morgan fingerprint density at radius 1 is 1.00 bits per heavy atom. The standard InChI is InChI=1S/C35H34ClFN6O2/c36-30-23(37)7-5-18-11-20(44)13-25(27(18)30)42-10-9-21-26(14-42)43(34-31(16-1-2-16)38-15-39-32(34)17-3-4-17)35(45)41-33(21)29-22-12-19-6-8-24(40-19)28(22)29/h5,7,11,13,15-17,19,22,24,28-29,40,44H,1-4,6,8-10,12,14H2/t19?,22?,24?,28-,29?/m0/s1. The summed E-state index contributed by atoms with van der Waals surface area (Å²) in [5.41, 5.74) is 6.22. The van der Waals surface area contributed by atoms with Crippen LogP contribution < -0.4 is 15.9 Å². The lowest BCUT2D eigenvalue weighted by Crippen LogP contribution is -2.39. The summed E-state index contributed by atoms with van der Waals surface area (Å²) in [6, 6.07) is 7.36. The molecule has 10 heteroatoms. The molecule has 0 spiro atoms. The third-order valence-corrected chi connectivity index (χ3v) is 11.9. The Kier molecular flexibility index (Phi) is 5.61. The summed E-state index contributed by atoms with van der Waals surface area (Å²) in [4.78, 5) is 31.1. The van der Waals surface area contributed by atoms with Crippen LogP contribution in [0.4, 0.5) is 10.1 Å². The van der Waals surface area contributed by atoms with E-state index in [1.165, 1.54) is 18.9 Å². The molecule has 3 saturated carbocycles. The van der Waals surface area contributed by atoms with Gasteiger partial charge in [-0.1, -0.05) is 17.7 Å². The first-order chi connectivity index (χ1) is 21.9. The highest BCUT2D eigenvalue weighted by Crippen LogP contribution is 2.63. The van der Waals surface area contributed by atoms with Crippen LogP contribution in [0.1, 0.15) is 91.0 Å². The molecule has 0 amide bonds. The zero-order valence-electron chi connectivity index (χ0n) is 24.8. The Labute approximate surface area is 264 Å². The molecule has 5 fully saturated rings. The molecule has 5 atom stereocenters. The number of phenols is 1. The molecule has 0 radical (unpaired) electrons. The zero-order chi connectivity index (χ0) is 30.1. The summed E-state index contributed by atoms with van der Waals surface area (Å²) in [6.07, 6.45) is 10.2. The van der Waals surface area contributed by atoms with E-state index >= 15 is 0 Å². The van der Waals surface area contributed by atoms with Crippen LogP contribution in [-0.4, -0.2) is 43.3 Å². The second-order valence-electron chi connectivity index (χ2n) is 14.2. The highest BCUT2D eigenvalue weighted by atomic mass is 35.5. The van der Waals surface area contributed by atoms with Crippen LogP contribution in [0.15, 0.2) is 35.4 Å². The van der Waals surface area contributed by atoms with Crippen LogP contribution >= 0.6 is 11.6 Å². The van der Waals surface area contributed by atoms with Crippen molar-refractivity contribution in [1.82, 2.24) is 24.8 Å². The number of hydrogen-bond acceptors (Lipinski definition) is 7. The van der Waals surface area contributed by atoms with Gasteiger partial charge in [0.25, 0.3) is 0 Å². The number of fused-ring (bicyclic) bond motifs is 6. The lowest BCUT2D eigenvalue weighted by Gasteiger charge is -2.34.